The number of hydrogen-bond donors (Lipinski definition) is 0. The Labute approximate surface area is 328 Å². The summed E-state index contributed by atoms with van der Waals surface area (Å²) in [6.07, 6.45) is -10.2. The lowest BCUT2D eigenvalue weighted by Crippen LogP contribution is -2.67. The summed E-state index contributed by atoms with van der Waals surface area (Å²) in [7, 11) is 0. The van der Waals surface area contributed by atoms with Crippen molar-refractivity contribution >= 4 is 40.8 Å². The number of benzene rings is 1. The van der Waals surface area contributed by atoms with Crippen molar-refractivity contribution in [1.82, 2.24) is 0 Å². The second kappa shape index (κ2) is 22.8. The molecule has 0 aliphatic carbocycles. The van der Waals surface area contributed by atoms with Crippen LogP contribution in [0.2, 0.25) is 0 Å². The molecule has 0 bridgehead atoms. The lowest BCUT2D eigenvalue weighted by Gasteiger charge is -2.50. The molecule has 3 aliphatic heterocycles. The molecule has 1 aromatic carbocycles. The Morgan fingerprint density at radius 3 is 2.14 bits per heavy atom. The van der Waals surface area contributed by atoms with E-state index in [4.69, 9.17) is 52.1 Å². The Kier molecular flexibility index (Phi) is 18.2. The third-order valence-corrected chi connectivity index (χ3v) is 9.45. The van der Waals surface area contributed by atoms with Gasteiger partial charge in [-0.05, 0) is 18.4 Å². The number of carbonyl (C=O) groups excluding carboxylic acids is 5. The van der Waals surface area contributed by atoms with Crippen LogP contribution in [0, 0.1) is 0 Å². The first-order valence-electron chi connectivity index (χ1n) is 18.2. The predicted octanol–water partition coefficient (Wildman–Crippen LogP) is 3.46. The van der Waals surface area contributed by atoms with Crippen molar-refractivity contribution < 1.29 is 76.1 Å². The zero-order chi connectivity index (χ0) is 40.6. The molecule has 3 heterocycles. The lowest BCUT2D eigenvalue weighted by molar-refractivity contribution is -0.376. The summed E-state index contributed by atoms with van der Waals surface area (Å²) in [5, 5.41) is 4.07. The summed E-state index contributed by atoms with van der Waals surface area (Å²) in [4.78, 5) is 63.2. The van der Waals surface area contributed by atoms with Gasteiger partial charge < -0.3 is 52.1 Å². The Hall–Kier alpha value is -3.85. The molecule has 0 spiro atoms. The molecule has 310 valence electrons. The van der Waals surface area contributed by atoms with Crippen molar-refractivity contribution in [2.24, 2.45) is 5.11 Å². The molecule has 20 heteroatoms. The molecule has 0 radical (unpaired) electrons. The van der Waals surface area contributed by atoms with Crippen LogP contribution in [0.1, 0.15) is 65.7 Å². The number of rotatable bonds is 19. The summed E-state index contributed by atoms with van der Waals surface area (Å²) in [5.74, 6) is -2.39. The SMILES string of the molecule is CC(=O)OCC1O[C@@H](O[C@@H]2C(N=[N+]=[N-])[C@H](OCCOCCCCCSC(C)=O)OC3COC(c4ccccc4)O[C@@H]32)C(OC(C)=O)[C@@H](OC(C)=O)[C@H]1OC(C)=O. The van der Waals surface area contributed by atoms with Crippen molar-refractivity contribution in [3.05, 3.63) is 46.3 Å². The van der Waals surface area contributed by atoms with Crippen LogP contribution in [-0.2, 0) is 76.1 Å². The minimum Gasteiger partial charge on any atom is -0.463 e. The van der Waals surface area contributed by atoms with E-state index < -0.39 is 98.1 Å². The van der Waals surface area contributed by atoms with Crippen LogP contribution in [-0.4, -0.2) is 129 Å². The standard InChI is InChI=1S/C36H49N3O16S/c1-20(40)47-18-26-30(49-21(2)41)32(50-22(3)42)33(51-23(4)43)36(53-26)55-31-28(38-39-37)35(46-16-15-45-14-10-7-11-17-56-24(5)44)52-27-19-48-34(54-29(27)31)25-12-8-6-9-13-25/h6,8-9,12-13,26-36H,7,10-11,14-19H2,1-5H3/t26?,27?,28?,29-,30-,31+,32-,33?,34?,35+,36-/m0/s1. The predicted molar refractivity (Wildman–Crippen MR) is 192 cm³/mol. The molecule has 0 saturated carbocycles. The highest BCUT2D eigenvalue weighted by molar-refractivity contribution is 8.13. The van der Waals surface area contributed by atoms with E-state index in [0.717, 1.165) is 52.7 Å². The van der Waals surface area contributed by atoms with Gasteiger partial charge in [-0.3, -0.25) is 24.0 Å². The Morgan fingerprint density at radius 1 is 0.786 bits per heavy atom. The summed E-state index contributed by atoms with van der Waals surface area (Å²) in [6, 6.07) is 7.77. The second-order valence-corrected chi connectivity index (χ2v) is 14.2. The van der Waals surface area contributed by atoms with Crippen molar-refractivity contribution in [2.75, 3.05) is 38.8 Å². The molecule has 4 rings (SSSR count). The average Bonchev–Trinajstić information content (AvgIpc) is 3.14. The molecular formula is C36H49N3O16S. The second-order valence-electron chi connectivity index (χ2n) is 13.0. The first-order chi connectivity index (χ1) is 26.9. The van der Waals surface area contributed by atoms with Gasteiger partial charge in [-0.1, -0.05) is 53.6 Å². The fraction of sp³-hybridized carbons (Fsp3) is 0.694. The van der Waals surface area contributed by atoms with E-state index in [1.54, 1.807) is 24.3 Å². The van der Waals surface area contributed by atoms with Crippen molar-refractivity contribution in [3.8, 4) is 0 Å². The van der Waals surface area contributed by atoms with Gasteiger partial charge in [0.15, 0.2) is 42.3 Å². The third kappa shape index (κ3) is 13.7. The Bertz CT molecular complexity index is 1520. The van der Waals surface area contributed by atoms with E-state index in [1.807, 2.05) is 6.07 Å². The minimum absolute atomic E-state index is 0.01000. The molecule has 5 unspecified atom stereocenters. The quantitative estimate of drug-likeness (QED) is 0.0486. The number of esters is 4. The van der Waals surface area contributed by atoms with E-state index in [1.165, 1.54) is 18.7 Å². The van der Waals surface area contributed by atoms with E-state index in [-0.39, 0.29) is 24.9 Å². The molecule has 56 heavy (non-hydrogen) atoms. The Morgan fingerprint density at radius 2 is 1.48 bits per heavy atom. The van der Waals surface area contributed by atoms with Crippen molar-refractivity contribution in [1.29, 1.82) is 0 Å². The summed E-state index contributed by atoms with van der Waals surface area (Å²) in [6.45, 7) is 6.18. The van der Waals surface area contributed by atoms with Gasteiger partial charge in [-0.15, -0.1) is 0 Å². The first-order valence-corrected chi connectivity index (χ1v) is 19.2. The zero-order valence-electron chi connectivity index (χ0n) is 31.9. The maximum absolute atomic E-state index is 12.5. The van der Waals surface area contributed by atoms with Gasteiger partial charge >= 0.3 is 23.9 Å². The van der Waals surface area contributed by atoms with Gasteiger partial charge in [-0.25, -0.2) is 0 Å². The number of azide groups is 1. The summed E-state index contributed by atoms with van der Waals surface area (Å²) >= 11 is 1.29. The van der Waals surface area contributed by atoms with Gasteiger partial charge in [-0.2, -0.15) is 0 Å². The molecular weight excluding hydrogens is 762 g/mol. The molecule has 0 N–H and O–H groups in total. The van der Waals surface area contributed by atoms with Gasteiger partial charge in [0.05, 0.1) is 19.8 Å². The third-order valence-electron chi connectivity index (χ3n) is 8.55. The first kappa shape index (κ1) is 44.9. The number of fused-ring (bicyclic) bond motifs is 1. The Balaban J connectivity index is 1.62. The highest BCUT2D eigenvalue weighted by Gasteiger charge is 2.57. The maximum Gasteiger partial charge on any atom is 0.303 e. The molecule has 11 atom stereocenters. The van der Waals surface area contributed by atoms with Crippen molar-refractivity contribution in [2.45, 2.75) is 122 Å². The topological polar surface area (TPSA) is 236 Å². The van der Waals surface area contributed by atoms with E-state index in [9.17, 15) is 29.5 Å². The highest BCUT2D eigenvalue weighted by atomic mass is 32.2. The van der Waals surface area contributed by atoms with Crippen LogP contribution in [0.3, 0.4) is 0 Å². The molecule has 3 fully saturated rings. The van der Waals surface area contributed by atoms with Gasteiger partial charge in [0, 0.05) is 57.5 Å². The molecule has 3 saturated heterocycles. The zero-order valence-corrected chi connectivity index (χ0v) is 32.7. The van der Waals surface area contributed by atoms with Crippen LogP contribution >= 0.6 is 11.8 Å². The van der Waals surface area contributed by atoms with Crippen LogP contribution in [0.15, 0.2) is 35.4 Å². The van der Waals surface area contributed by atoms with Crippen LogP contribution in [0.25, 0.3) is 10.4 Å². The molecule has 0 amide bonds. The van der Waals surface area contributed by atoms with Gasteiger partial charge in [0.25, 0.3) is 0 Å². The smallest absolute Gasteiger partial charge is 0.303 e. The normalized spacial score (nSPS) is 29.8. The summed E-state index contributed by atoms with van der Waals surface area (Å²) < 4.78 is 65.1. The summed E-state index contributed by atoms with van der Waals surface area (Å²) in [5.41, 5.74) is 10.4. The number of nitrogens with zero attached hydrogens (tertiary/aromatic N) is 3. The number of hydrogen-bond acceptors (Lipinski definition) is 18. The highest BCUT2D eigenvalue weighted by Crippen LogP contribution is 2.39. The number of thioether (sulfide) groups is 1. The van der Waals surface area contributed by atoms with E-state index >= 15 is 0 Å². The molecule has 1 aromatic rings. The lowest BCUT2D eigenvalue weighted by atomic mass is 9.94. The van der Waals surface area contributed by atoms with Crippen LogP contribution < -0.4 is 0 Å². The number of ether oxygens (including phenoxy) is 11. The van der Waals surface area contributed by atoms with Crippen LogP contribution in [0.4, 0.5) is 0 Å². The van der Waals surface area contributed by atoms with E-state index in [2.05, 4.69) is 10.0 Å². The van der Waals surface area contributed by atoms with Crippen molar-refractivity contribution in [3.63, 3.8) is 0 Å². The fourth-order valence-electron chi connectivity index (χ4n) is 6.29. The monoisotopic (exact) mass is 811 g/mol. The molecule has 19 nitrogen and oxygen atoms in total. The van der Waals surface area contributed by atoms with Gasteiger partial charge in [0.2, 0.25) is 0 Å². The minimum atomic E-state index is -1.63. The molecule has 3 aliphatic rings. The van der Waals surface area contributed by atoms with E-state index in [0.29, 0.717) is 12.2 Å². The average molecular weight is 812 g/mol. The fourth-order valence-corrected chi connectivity index (χ4v) is 6.93. The largest absolute Gasteiger partial charge is 0.463 e. The number of carbonyl (C=O) groups is 5. The van der Waals surface area contributed by atoms with Crippen LogP contribution in [0.5, 0.6) is 0 Å². The molecule has 0 aromatic heterocycles. The maximum atomic E-state index is 12.5. The van der Waals surface area contributed by atoms with Gasteiger partial charge in [0.1, 0.15) is 37.1 Å². The number of unbranched alkanes of at least 4 members (excludes halogenated alkanes) is 2.